The summed E-state index contributed by atoms with van der Waals surface area (Å²) in [7, 11) is 0. The molecule has 1 heterocycles. The van der Waals surface area contributed by atoms with Gasteiger partial charge < -0.3 is 14.3 Å². The first-order valence-electron chi connectivity index (χ1n) is 5.70. The van der Waals surface area contributed by atoms with Gasteiger partial charge in [-0.15, -0.1) is 0 Å². The van der Waals surface area contributed by atoms with Crippen LogP contribution in [-0.4, -0.2) is 37.0 Å². The number of alkyl halides is 4. The number of hydrogen-bond donors (Lipinski definition) is 0. The zero-order chi connectivity index (χ0) is 14.6. The third-order valence-electron chi connectivity index (χ3n) is 2.39. The minimum atomic E-state index is -4.62. The molecule has 8 heteroatoms. The van der Waals surface area contributed by atoms with Crippen molar-refractivity contribution in [2.24, 2.45) is 5.16 Å². The van der Waals surface area contributed by atoms with Gasteiger partial charge in [0.15, 0.2) is 24.2 Å². The number of hydrogen-bond acceptors (Lipinski definition) is 4. The molecule has 1 fully saturated rings. The molecule has 0 aromatic heterocycles. The highest BCUT2D eigenvalue weighted by Crippen LogP contribution is 2.23. The molecule has 1 aromatic rings. The normalized spacial score (nSPS) is 23.9. The van der Waals surface area contributed by atoms with Crippen LogP contribution in [0.25, 0.3) is 0 Å². The van der Waals surface area contributed by atoms with Crippen LogP contribution in [0.15, 0.2) is 35.5 Å². The van der Waals surface area contributed by atoms with Crippen LogP contribution in [0.2, 0.25) is 0 Å². The molecule has 0 spiro atoms. The zero-order valence-corrected chi connectivity index (χ0v) is 10.9. The van der Waals surface area contributed by atoms with Crippen molar-refractivity contribution in [2.45, 2.75) is 18.0 Å². The van der Waals surface area contributed by atoms with Gasteiger partial charge >= 0.3 is 6.18 Å². The lowest BCUT2D eigenvalue weighted by Crippen LogP contribution is -2.25. The number of oxime groups is 1. The van der Waals surface area contributed by atoms with Crippen molar-refractivity contribution in [3.8, 4) is 0 Å². The van der Waals surface area contributed by atoms with Crippen LogP contribution in [0, 0.1) is 0 Å². The van der Waals surface area contributed by atoms with Gasteiger partial charge in [0.05, 0.1) is 6.61 Å². The highest BCUT2D eigenvalue weighted by Gasteiger charge is 2.38. The summed E-state index contributed by atoms with van der Waals surface area (Å²) in [5, 5.41) is 3.14. The van der Waals surface area contributed by atoms with Crippen molar-refractivity contribution < 1.29 is 27.5 Å². The Kier molecular flexibility index (Phi) is 4.85. The fraction of sp³-hybridized carbons (Fsp3) is 0.417. The standard InChI is InChI=1S/C12H11ClF3NO3/c13-9-6-18-10(20-9)7-19-17-11(12(14,15)16)8-4-2-1-3-5-8/h1-5,9-10H,6-7H2. The Morgan fingerprint density at radius 2 is 2.05 bits per heavy atom. The topological polar surface area (TPSA) is 40.0 Å². The van der Waals surface area contributed by atoms with Gasteiger partial charge in [-0.05, 0) is 0 Å². The van der Waals surface area contributed by atoms with E-state index in [1.807, 2.05) is 0 Å². The Morgan fingerprint density at radius 3 is 2.60 bits per heavy atom. The Morgan fingerprint density at radius 1 is 1.35 bits per heavy atom. The second-order valence-electron chi connectivity index (χ2n) is 3.91. The molecule has 0 saturated carbocycles. The van der Waals surface area contributed by atoms with Crippen LogP contribution in [-0.2, 0) is 14.3 Å². The van der Waals surface area contributed by atoms with E-state index in [2.05, 4.69) is 9.99 Å². The maximum absolute atomic E-state index is 12.9. The Hall–Kier alpha value is -1.31. The molecule has 110 valence electrons. The van der Waals surface area contributed by atoms with Gasteiger partial charge in [0.1, 0.15) is 0 Å². The van der Waals surface area contributed by atoms with Crippen molar-refractivity contribution in [1.29, 1.82) is 0 Å². The lowest BCUT2D eigenvalue weighted by atomic mass is 10.1. The van der Waals surface area contributed by atoms with E-state index in [0.29, 0.717) is 0 Å². The predicted octanol–water partition coefficient (Wildman–Crippen LogP) is 2.91. The molecule has 0 radical (unpaired) electrons. The van der Waals surface area contributed by atoms with E-state index in [1.54, 1.807) is 6.07 Å². The van der Waals surface area contributed by atoms with Gasteiger partial charge in [0.2, 0.25) is 0 Å². The molecular weight excluding hydrogens is 299 g/mol. The number of nitrogens with zero attached hydrogens (tertiary/aromatic N) is 1. The predicted molar refractivity (Wildman–Crippen MR) is 65.5 cm³/mol. The lowest BCUT2D eigenvalue weighted by molar-refractivity contribution is -0.101. The second kappa shape index (κ2) is 6.43. The fourth-order valence-electron chi connectivity index (χ4n) is 1.54. The van der Waals surface area contributed by atoms with E-state index in [0.717, 1.165) is 0 Å². The van der Waals surface area contributed by atoms with E-state index in [-0.39, 0.29) is 18.8 Å². The van der Waals surface area contributed by atoms with Crippen molar-refractivity contribution >= 4 is 17.3 Å². The average Bonchev–Trinajstić information content (AvgIpc) is 2.80. The summed E-state index contributed by atoms with van der Waals surface area (Å²) >= 11 is 5.60. The summed E-state index contributed by atoms with van der Waals surface area (Å²) in [5.74, 6) is 0. The largest absolute Gasteiger partial charge is 0.437 e. The molecule has 2 atom stereocenters. The van der Waals surface area contributed by atoms with E-state index in [1.165, 1.54) is 24.3 Å². The molecule has 2 unspecified atom stereocenters. The van der Waals surface area contributed by atoms with Crippen molar-refractivity contribution in [3.05, 3.63) is 35.9 Å². The van der Waals surface area contributed by atoms with Gasteiger partial charge in [0.25, 0.3) is 0 Å². The minimum absolute atomic E-state index is 0.0801. The van der Waals surface area contributed by atoms with Crippen molar-refractivity contribution in [1.82, 2.24) is 0 Å². The first-order valence-corrected chi connectivity index (χ1v) is 6.14. The van der Waals surface area contributed by atoms with Crippen LogP contribution < -0.4 is 0 Å². The molecule has 1 aliphatic rings. The zero-order valence-electron chi connectivity index (χ0n) is 10.1. The summed E-state index contributed by atoms with van der Waals surface area (Å²) in [6.07, 6.45) is -5.43. The van der Waals surface area contributed by atoms with E-state index < -0.39 is 23.7 Å². The lowest BCUT2D eigenvalue weighted by Gasteiger charge is -2.12. The number of halogens is 4. The van der Waals surface area contributed by atoms with Crippen LogP contribution >= 0.6 is 11.6 Å². The SMILES string of the molecule is FC(F)(F)C(=NOCC1OCC(Cl)O1)c1ccccc1. The summed E-state index contributed by atoms with van der Waals surface area (Å²) in [5.41, 5.74) is -1.81. The smallest absolute Gasteiger partial charge is 0.390 e. The molecule has 20 heavy (non-hydrogen) atoms. The Balaban J connectivity index is 2.02. The van der Waals surface area contributed by atoms with Gasteiger partial charge in [-0.1, -0.05) is 47.1 Å². The minimum Gasteiger partial charge on any atom is -0.390 e. The maximum atomic E-state index is 12.9. The number of benzene rings is 1. The second-order valence-corrected chi connectivity index (χ2v) is 4.40. The number of rotatable bonds is 4. The van der Waals surface area contributed by atoms with E-state index >= 15 is 0 Å². The third-order valence-corrected chi connectivity index (χ3v) is 2.62. The molecular formula is C12H11ClF3NO3. The van der Waals surface area contributed by atoms with Gasteiger partial charge in [-0.25, -0.2) is 0 Å². The summed E-state index contributed by atoms with van der Waals surface area (Å²) in [4.78, 5) is 4.67. The monoisotopic (exact) mass is 309 g/mol. The molecule has 0 N–H and O–H groups in total. The molecule has 1 saturated heterocycles. The van der Waals surface area contributed by atoms with Crippen LogP contribution in [0.3, 0.4) is 0 Å². The first-order chi connectivity index (χ1) is 9.47. The molecule has 0 aliphatic carbocycles. The third kappa shape index (κ3) is 4.09. The fourth-order valence-corrected chi connectivity index (χ4v) is 1.73. The van der Waals surface area contributed by atoms with Gasteiger partial charge in [-0.2, -0.15) is 13.2 Å². The number of ether oxygens (including phenoxy) is 2. The average molecular weight is 310 g/mol. The van der Waals surface area contributed by atoms with Gasteiger partial charge in [0, 0.05) is 5.56 Å². The summed E-state index contributed by atoms with van der Waals surface area (Å²) < 4.78 is 48.6. The summed E-state index contributed by atoms with van der Waals surface area (Å²) in [6.45, 7) is -0.111. The summed E-state index contributed by atoms with van der Waals surface area (Å²) in [6, 6.07) is 7.18. The highest BCUT2D eigenvalue weighted by molar-refractivity contribution is 6.19. The van der Waals surface area contributed by atoms with Crippen LogP contribution in [0.1, 0.15) is 5.56 Å². The van der Waals surface area contributed by atoms with Crippen LogP contribution in [0.5, 0.6) is 0 Å². The van der Waals surface area contributed by atoms with E-state index in [9.17, 15) is 13.2 Å². The van der Waals surface area contributed by atoms with Crippen molar-refractivity contribution in [3.63, 3.8) is 0 Å². The maximum Gasteiger partial charge on any atom is 0.437 e. The van der Waals surface area contributed by atoms with Crippen LogP contribution in [0.4, 0.5) is 13.2 Å². The molecule has 4 nitrogen and oxygen atoms in total. The highest BCUT2D eigenvalue weighted by atomic mass is 35.5. The van der Waals surface area contributed by atoms with E-state index in [4.69, 9.17) is 21.1 Å². The molecule has 0 amide bonds. The van der Waals surface area contributed by atoms with Gasteiger partial charge in [-0.3, -0.25) is 0 Å². The van der Waals surface area contributed by atoms with Crippen molar-refractivity contribution in [2.75, 3.05) is 13.2 Å². The molecule has 1 aromatic carbocycles. The molecule has 2 rings (SSSR count). The quantitative estimate of drug-likeness (QED) is 0.488. The Bertz CT molecular complexity index is 467. The first kappa shape index (κ1) is 15.1. The molecule has 1 aliphatic heterocycles. The Labute approximate surface area is 118 Å². The molecule has 0 bridgehead atoms.